The minimum absolute atomic E-state index is 0.109. The Balaban J connectivity index is 2.28. The van der Waals surface area contributed by atoms with Crippen LogP contribution in [0.25, 0.3) is 0 Å². The van der Waals surface area contributed by atoms with Gasteiger partial charge in [-0.2, -0.15) is 0 Å². The van der Waals surface area contributed by atoms with Crippen LogP contribution in [0.3, 0.4) is 0 Å². The van der Waals surface area contributed by atoms with Gasteiger partial charge in [-0.25, -0.2) is 4.39 Å². The van der Waals surface area contributed by atoms with Gasteiger partial charge in [0.05, 0.1) is 13.1 Å². The second-order valence-corrected chi connectivity index (χ2v) is 4.65. The fourth-order valence-corrected chi connectivity index (χ4v) is 1.95. The maximum atomic E-state index is 13.3. The van der Waals surface area contributed by atoms with Gasteiger partial charge in [0, 0.05) is 5.69 Å². The molecule has 2 aromatic rings. The number of amides is 1. The summed E-state index contributed by atoms with van der Waals surface area (Å²) in [5, 5.41) is 0. The van der Waals surface area contributed by atoms with E-state index in [1.54, 1.807) is 12.1 Å². The molecule has 104 valence electrons. The monoisotopic (exact) mass is 272 g/mol. The van der Waals surface area contributed by atoms with Crippen molar-refractivity contribution in [2.24, 2.45) is 5.73 Å². The standard InChI is InChI=1S/C16H17FN2O/c1-12-5-7-13(8-6-12)11-19(16(20)10-18)15-4-2-3-14(17)9-15/h2-9H,10-11,18H2,1H3. The molecule has 0 bridgehead atoms. The van der Waals surface area contributed by atoms with Crippen molar-refractivity contribution < 1.29 is 9.18 Å². The Morgan fingerprint density at radius 2 is 1.90 bits per heavy atom. The minimum atomic E-state index is -0.374. The lowest BCUT2D eigenvalue weighted by molar-refractivity contribution is -0.117. The van der Waals surface area contributed by atoms with Crippen molar-refractivity contribution in [2.75, 3.05) is 11.4 Å². The van der Waals surface area contributed by atoms with E-state index in [0.29, 0.717) is 12.2 Å². The summed E-state index contributed by atoms with van der Waals surface area (Å²) in [7, 11) is 0. The lowest BCUT2D eigenvalue weighted by Crippen LogP contribution is -2.35. The smallest absolute Gasteiger partial charge is 0.241 e. The number of hydrogen-bond donors (Lipinski definition) is 1. The molecule has 0 fully saturated rings. The van der Waals surface area contributed by atoms with Gasteiger partial charge in [0.1, 0.15) is 5.82 Å². The average molecular weight is 272 g/mol. The quantitative estimate of drug-likeness (QED) is 0.930. The van der Waals surface area contributed by atoms with Crippen LogP contribution in [-0.2, 0) is 11.3 Å². The molecule has 0 aliphatic heterocycles. The third-order valence-electron chi connectivity index (χ3n) is 3.06. The van der Waals surface area contributed by atoms with E-state index < -0.39 is 0 Å². The fourth-order valence-electron chi connectivity index (χ4n) is 1.95. The number of carbonyl (C=O) groups is 1. The van der Waals surface area contributed by atoms with Crippen LogP contribution in [0.4, 0.5) is 10.1 Å². The first-order chi connectivity index (χ1) is 9.60. The highest BCUT2D eigenvalue weighted by atomic mass is 19.1. The highest BCUT2D eigenvalue weighted by Gasteiger charge is 2.15. The summed E-state index contributed by atoms with van der Waals surface area (Å²) in [5.74, 6) is -0.614. The number of halogens is 1. The van der Waals surface area contributed by atoms with Gasteiger partial charge in [0.2, 0.25) is 5.91 Å². The number of hydrogen-bond acceptors (Lipinski definition) is 2. The topological polar surface area (TPSA) is 46.3 Å². The Bertz CT molecular complexity index is 596. The zero-order valence-electron chi connectivity index (χ0n) is 11.3. The number of carbonyl (C=O) groups excluding carboxylic acids is 1. The molecule has 0 aliphatic rings. The molecule has 0 atom stereocenters. The van der Waals surface area contributed by atoms with E-state index in [0.717, 1.165) is 11.1 Å². The molecule has 0 aliphatic carbocycles. The largest absolute Gasteiger partial charge is 0.322 e. The molecule has 0 saturated heterocycles. The second kappa shape index (κ2) is 6.30. The van der Waals surface area contributed by atoms with Crippen molar-refractivity contribution in [2.45, 2.75) is 13.5 Å². The van der Waals surface area contributed by atoms with Gasteiger partial charge >= 0.3 is 0 Å². The Morgan fingerprint density at radius 3 is 2.50 bits per heavy atom. The first kappa shape index (κ1) is 14.2. The molecule has 0 heterocycles. The third kappa shape index (κ3) is 3.42. The Hall–Kier alpha value is -2.20. The number of nitrogens with two attached hydrogens (primary N) is 1. The summed E-state index contributed by atoms with van der Waals surface area (Å²) < 4.78 is 13.3. The number of rotatable bonds is 4. The first-order valence-electron chi connectivity index (χ1n) is 6.41. The molecule has 0 saturated carbocycles. The molecule has 2 rings (SSSR count). The second-order valence-electron chi connectivity index (χ2n) is 4.65. The van der Waals surface area contributed by atoms with E-state index in [2.05, 4.69) is 0 Å². The fraction of sp³-hybridized carbons (Fsp3) is 0.188. The molecule has 2 N–H and O–H groups in total. The molecule has 0 unspecified atom stereocenters. The van der Waals surface area contributed by atoms with Crippen LogP contribution in [0, 0.1) is 12.7 Å². The first-order valence-corrected chi connectivity index (χ1v) is 6.41. The summed E-state index contributed by atoms with van der Waals surface area (Å²) in [6.07, 6.45) is 0. The number of nitrogens with zero attached hydrogens (tertiary/aromatic N) is 1. The van der Waals surface area contributed by atoms with Gasteiger partial charge in [0.25, 0.3) is 0 Å². The van der Waals surface area contributed by atoms with E-state index in [1.807, 2.05) is 31.2 Å². The van der Waals surface area contributed by atoms with Gasteiger partial charge in [-0.1, -0.05) is 35.9 Å². The van der Waals surface area contributed by atoms with E-state index in [9.17, 15) is 9.18 Å². The Kier molecular flexibility index (Phi) is 4.48. The molecular formula is C16H17FN2O. The van der Waals surface area contributed by atoms with Gasteiger partial charge in [-0.05, 0) is 30.7 Å². The lowest BCUT2D eigenvalue weighted by Gasteiger charge is -2.22. The maximum Gasteiger partial charge on any atom is 0.241 e. The lowest BCUT2D eigenvalue weighted by atomic mass is 10.1. The van der Waals surface area contributed by atoms with Gasteiger partial charge in [-0.3, -0.25) is 4.79 Å². The van der Waals surface area contributed by atoms with Crippen LogP contribution < -0.4 is 10.6 Å². The highest BCUT2D eigenvalue weighted by Crippen LogP contribution is 2.19. The van der Waals surface area contributed by atoms with Crippen LogP contribution >= 0.6 is 0 Å². The molecule has 0 radical (unpaired) electrons. The summed E-state index contributed by atoms with van der Waals surface area (Å²) in [5.41, 5.74) is 8.08. The molecule has 2 aromatic carbocycles. The Labute approximate surface area is 117 Å². The van der Waals surface area contributed by atoms with Gasteiger partial charge in [-0.15, -0.1) is 0 Å². The van der Waals surface area contributed by atoms with Crippen molar-refractivity contribution in [1.82, 2.24) is 0 Å². The van der Waals surface area contributed by atoms with Gasteiger partial charge < -0.3 is 10.6 Å². The zero-order chi connectivity index (χ0) is 14.5. The molecule has 0 spiro atoms. The molecule has 3 nitrogen and oxygen atoms in total. The van der Waals surface area contributed by atoms with Crippen molar-refractivity contribution >= 4 is 11.6 Å². The van der Waals surface area contributed by atoms with Crippen molar-refractivity contribution in [3.05, 3.63) is 65.5 Å². The van der Waals surface area contributed by atoms with Crippen LogP contribution in [0.5, 0.6) is 0 Å². The van der Waals surface area contributed by atoms with Crippen LogP contribution in [0.1, 0.15) is 11.1 Å². The summed E-state index contributed by atoms with van der Waals surface area (Å²) in [6, 6.07) is 13.8. The number of benzene rings is 2. The third-order valence-corrected chi connectivity index (χ3v) is 3.06. The van der Waals surface area contributed by atoms with Crippen LogP contribution in [-0.4, -0.2) is 12.5 Å². The normalized spacial score (nSPS) is 10.3. The Morgan fingerprint density at radius 1 is 1.20 bits per heavy atom. The van der Waals surface area contributed by atoms with E-state index >= 15 is 0 Å². The maximum absolute atomic E-state index is 13.3. The van der Waals surface area contributed by atoms with E-state index in [4.69, 9.17) is 5.73 Å². The van der Waals surface area contributed by atoms with E-state index in [-0.39, 0.29) is 18.3 Å². The number of anilines is 1. The zero-order valence-corrected chi connectivity index (χ0v) is 11.3. The van der Waals surface area contributed by atoms with Gasteiger partial charge in [0.15, 0.2) is 0 Å². The van der Waals surface area contributed by atoms with E-state index in [1.165, 1.54) is 17.0 Å². The summed E-state index contributed by atoms with van der Waals surface area (Å²) in [6.45, 7) is 2.27. The van der Waals surface area contributed by atoms with Crippen molar-refractivity contribution in [3.8, 4) is 0 Å². The molecule has 20 heavy (non-hydrogen) atoms. The summed E-state index contributed by atoms with van der Waals surface area (Å²) >= 11 is 0. The predicted octanol–water partition coefficient (Wildman–Crippen LogP) is 2.63. The minimum Gasteiger partial charge on any atom is -0.322 e. The molecular weight excluding hydrogens is 255 g/mol. The molecule has 0 aromatic heterocycles. The van der Waals surface area contributed by atoms with Crippen LogP contribution in [0.15, 0.2) is 48.5 Å². The predicted molar refractivity (Wildman–Crippen MR) is 77.8 cm³/mol. The summed E-state index contributed by atoms with van der Waals surface area (Å²) in [4.78, 5) is 13.5. The van der Waals surface area contributed by atoms with Crippen molar-refractivity contribution in [1.29, 1.82) is 0 Å². The van der Waals surface area contributed by atoms with Crippen molar-refractivity contribution in [3.63, 3.8) is 0 Å². The SMILES string of the molecule is Cc1ccc(CN(C(=O)CN)c2cccc(F)c2)cc1. The average Bonchev–Trinajstić information content (AvgIpc) is 2.46. The molecule has 4 heteroatoms. The highest BCUT2D eigenvalue weighted by molar-refractivity contribution is 5.94. The van der Waals surface area contributed by atoms with Crippen LogP contribution in [0.2, 0.25) is 0 Å². The number of aryl methyl sites for hydroxylation is 1. The molecule has 1 amide bonds.